The van der Waals surface area contributed by atoms with Gasteiger partial charge in [0, 0.05) is 32.6 Å². The first-order valence-corrected chi connectivity index (χ1v) is 12.4. The van der Waals surface area contributed by atoms with E-state index in [1.54, 1.807) is 17.2 Å². The number of ether oxygens (including phenoxy) is 2. The summed E-state index contributed by atoms with van der Waals surface area (Å²) in [5.41, 5.74) is 1.58. The fraction of sp³-hybridized carbons (Fsp3) is 0.478. The second kappa shape index (κ2) is 10.8. The second-order valence-corrected chi connectivity index (χ2v) is 9.64. The van der Waals surface area contributed by atoms with Crippen molar-refractivity contribution < 1.29 is 14.3 Å². The predicted molar refractivity (Wildman–Crippen MR) is 135 cm³/mol. The fourth-order valence-electron chi connectivity index (χ4n) is 3.88. The molecule has 176 valence electrons. The molecule has 0 saturated carbocycles. The van der Waals surface area contributed by atoms with Gasteiger partial charge in [0.2, 0.25) is 0 Å². The monoisotopic (exact) mass is 488 g/mol. The average Bonchev–Trinajstić information content (AvgIpc) is 3.40. The third-order valence-corrected chi connectivity index (χ3v) is 6.98. The largest absolute Gasteiger partial charge is 0.382 e. The number of anilines is 1. The lowest BCUT2D eigenvalue weighted by molar-refractivity contribution is -0.123. The van der Waals surface area contributed by atoms with Crippen molar-refractivity contribution in [1.29, 1.82) is 0 Å². The summed E-state index contributed by atoms with van der Waals surface area (Å²) in [6.07, 6.45) is 5.99. The van der Waals surface area contributed by atoms with Crippen molar-refractivity contribution in [2.75, 3.05) is 38.2 Å². The van der Waals surface area contributed by atoms with Gasteiger partial charge in [-0.3, -0.25) is 18.9 Å². The molecule has 4 rings (SSSR count). The van der Waals surface area contributed by atoms with Crippen molar-refractivity contribution >= 4 is 51.7 Å². The number of hydrogen-bond donors (Lipinski definition) is 1. The zero-order valence-corrected chi connectivity index (χ0v) is 20.5. The van der Waals surface area contributed by atoms with E-state index in [2.05, 4.69) is 5.32 Å². The van der Waals surface area contributed by atoms with Gasteiger partial charge >= 0.3 is 0 Å². The summed E-state index contributed by atoms with van der Waals surface area (Å²) in [6, 6.07) is 3.72. The fourth-order valence-corrected chi connectivity index (χ4v) is 5.14. The van der Waals surface area contributed by atoms with Gasteiger partial charge in [-0.1, -0.05) is 30.0 Å². The number of nitrogens with one attached hydrogen (secondary N) is 1. The lowest BCUT2D eigenvalue weighted by atomic mass is 10.2. The number of nitrogens with zero attached hydrogens (tertiary/aromatic N) is 3. The molecule has 2 aromatic rings. The first-order valence-electron chi connectivity index (χ1n) is 11.2. The van der Waals surface area contributed by atoms with Crippen LogP contribution in [0.4, 0.5) is 5.82 Å². The molecule has 0 unspecified atom stereocenters. The molecule has 0 aliphatic carbocycles. The molecule has 2 fully saturated rings. The van der Waals surface area contributed by atoms with Gasteiger partial charge in [0.1, 0.15) is 15.8 Å². The highest BCUT2D eigenvalue weighted by molar-refractivity contribution is 8.26. The molecule has 10 heteroatoms. The molecule has 0 radical (unpaired) electrons. The number of rotatable bonds is 9. The number of carbonyl (C=O) groups is 1. The summed E-state index contributed by atoms with van der Waals surface area (Å²) in [5, 5.41) is 3.27. The van der Waals surface area contributed by atoms with Crippen molar-refractivity contribution in [2.24, 2.45) is 0 Å². The van der Waals surface area contributed by atoms with Crippen LogP contribution in [-0.4, -0.2) is 63.5 Å². The third-order valence-electron chi connectivity index (χ3n) is 5.61. The summed E-state index contributed by atoms with van der Waals surface area (Å²) >= 11 is 6.67. The minimum absolute atomic E-state index is 0.00496. The van der Waals surface area contributed by atoms with Crippen LogP contribution in [0.1, 0.15) is 37.3 Å². The Morgan fingerprint density at radius 2 is 2.27 bits per heavy atom. The lowest BCUT2D eigenvalue weighted by Crippen LogP contribution is -2.35. The van der Waals surface area contributed by atoms with Crippen LogP contribution in [0.5, 0.6) is 0 Å². The van der Waals surface area contributed by atoms with Crippen molar-refractivity contribution in [3.05, 3.63) is 44.7 Å². The van der Waals surface area contributed by atoms with Crippen LogP contribution in [-0.2, 0) is 14.3 Å². The smallest absolute Gasteiger partial charge is 0.267 e. The normalized spacial score (nSPS) is 19.9. The quantitative estimate of drug-likeness (QED) is 0.327. The van der Waals surface area contributed by atoms with E-state index in [1.807, 2.05) is 26.0 Å². The number of aromatic nitrogens is 2. The van der Waals surface area contributed by atoms with Crippen molar-refractivity contribution in [3.63, 3.8) is 0 Å². The molecule has 1 N–H and O–H groups in total. The Morgan fingerprint density at radius 1 is 1.42 bits per heavy atom. The van der Waals surface area contributed by atoms with E-state index in [1.165, 1.54) is 16.2 Å². The number of carbonyl (C=O) groups excluding carboxylic acids is 1. The SMILES string of the molecule is CCOCCCNc1nc2c(C)cccn2c(=O)c1/C=C1/SC(=S)N(C[C@H]2CCCO2)C1=O. The van der Waals surface area contributed by atoms with Gasteiger partial charge in [-0.05, 0) is 50.8 Å². The zero-order chi connectivity index (χ0) is 23.4. The van der Waals surface area contributed by atoms with Crippen molar-refractivity contribution in [3.8, 4) is 0 Å². The van der Waals surface area contributed by atoms with Crippen molar-refractivity contribution in [1.82, 2.24) is 14.3 Å². The molecule has 0 aromatic carbocycles. The Morgan fingerprint density at radius 3 is 3.03 bits per heavy atom. The van der Waals surface area contributed by atoms with Crippen LogP contribution in [0.15, 0.2) is 28.0 Å². The molecule has 2 aliphatic rings. The average molecular weight is 489 g/mol. The number of amides is 1. The molecular formula is C23H28N4O4S2. The highest BCUT2D eigenvalue weighted by atomic mass is 32.2. The third kappa shape index (κ3) is 5.29. The minimum atomic E-state index is -0.236. The molecule has 4 heterocycles. The summed E-state index contributed by atoms with van der Waals surface area (Å²) in [5.74, 6) is 0.256. The lowest BCUT2D eigenvalue weighted by Gasteiger charge is -2.18. The molecule has 1 amide bonds. The highest BCUT2D eigenvalue weighted by Crippen LogP contribution is 2.34. The van der Waals surface area contributed by atoms with Crippen LogP contribution in [0.25, 0.3) is 11.7 Å². The topological polar surface area (TPSA) is 85.2 Å². The second-order valence-electron chi connectivity index (χ2n) is 7.97. The molecule has 0 spiro atoms. The summed E-state index contributed by atoms with van der Waals surface area (Å²) < 4.78 is 13.1. The maximum atomic E-state index is 13.4. The van der Waals surface area contributed by atoms with Gasteiger partial charge in [-0.2, -0.15) is 0 Å². The van der Waals surface area contributed by atoms with Crippen LogP contribution >= 0.6 is 24.0 Å². The maximum absolute atomic E-state index is 13.4. The Kier molecular flexibility index (Phi) is 7.79. The van der Waals surface area contributed by atoms with E-state index in [0.29, 0.717) is 59.2 Å². The van der Waals surface area contributed by atoms with Crippen LogP contribution < -0.4 is 10.9 Å². The van der Waals surface area contributed by atoms with E-state index in [0.717, 1.165) is 24.8 Å². The van der Waals surface area contributed by atoms with E-state index in [4.69, 9.17) is 26.7 Å². The van der Waals surface area contributed by atoms with Gasteiger partial charge in [0.15, 0.2) is 0 Å². The van der Waals surface area contributed by atoms with Crippen LogP contribution in [0.3, 0.4) is 0 Å². The standard InChI is InChI=1S/C23H28N4O4S2/c1-3-30-11-6-9-24-19-17(21(28)26-10-4-7-15(2)20(26)25-19)13-18-22(29)27(23(32)33-18)14-16-8-5-12-31-16/h4,7,10,13,16,24H,3,5-6,8-9,11-12,14H2,1-2H3/b18-13+/t16-/m1/s1. The minimum Gasteiger partial charge on any atom is -0.382 e. The van der Waals surface area contributed by atoms with Crippen LogP contribution in [0.2, 0.25) is 0 Å². The van der Waals surface area contributed by atoms with Gasteiger partial charge in [0.05, 0.1) is 23.1 Å². The predicted octanol–water partition coefficient (Wildman–Crippen LogP) is 3.22. The first kappa shape index (κ1) is 23.9. The van der Waals surface area contributed by atoms with Gasteiger partial charge in [-0.15, -0.1) is 0 Å². The molecular weight excluding hydrogens is 460 g/mol. The first-order chi connectivity index (χ1) is 16.0. The number of thiocarbonyl (C=S) groups is 1. The Balaban J connectivity index is 1.66. The summed E-state index contributed by atoms with van der Waals surface area (Å²) in [4.78, 5) is 33.2. The van der Waals surface area contributed by atoms with Gasteiger partial charge < -0.3 is 14.8 Å². The molecule has 2 aromatic heterocycles. The Labute approximate surface area is 202 Å². The number of fused-ring (bicyclic) bond motifs is 1. The number of pyridine rings is 1. The van der Waals surface area contributed by atoms with Crippen LogP contribution in [0, 0.1) is 6.92 Å². The Hall–Kier alpha value is -2.27. The zero-order valence-electron chi connectivity index (χ0n) is 18.8. The van der Waals surface area contributed by atoms with E-state index in [9.17, 15) is 9.59 Å². The molecule has 1 atom stereocenters. The van der Waals surface area contributed by atoms with Gasteiger partial charge in [-0.25, -0.2) is 4.98 Å². The molecule has 2 saturated heterocycles. The number of hydrogen-bond acceptors (Lipinski definition) is 8. The Bertz CT molecular complexity index is 1140. The van der Waals surface area contributed by atoms with E-state index < -0.39 is 0 Å². The molecule has 8 nitrogen and oxygen atoms in total. The summed E-state index contributed by atoms with van der Waals surface area (Å²) in [7, 11) is 0. The summed E-state index contributed by atoms with van der Waals surface area (Å²) in [6.45, 7) is 6.90. The highest BCUT2D eigenvalue weighted by Gasteiger charge is 2.35. The van der Waals surface area contributed by atoms with E-state index in [-0.39, 0.29) is 17.6 Å². The van der Waals surface area contributed by atoms with Gasteiger partial charge in [0.25, 0.3) is 11.5 Å². The number of aryl methyl sites for hydroxylation is 1. The molecule has 0 bridgehead atoms. The van der Waals surface area contributed by atoms with Crippen molar-refractivity contribution in [2.45, 2.75) is 39.2 Å². The number of thioether (sulfide) groups is 1. The molecule has 2 aliphatic heterocycles. The molecule has 33 heavy (non-hydrogen) atoms. The van der Waals surface area contributed by atoms with E-state index >= 15 is 0 Å². The maximum Gasteiger partial charge on any atom is 0.267 e.